The summed E-state index contributed by atoms with van der Waals surface area (Å²) in [5.74, 6) is 0. The van der Waals surface area contributed by atoms with Crippen molar-refractivity contribution in [1.82, 2.24) is 4.31 Å². The summed E-state index contributed by atoms with van der Waals surface area (Å²) < 4.78 is 2.38. The third-order valence-corrected chi connectivity index (χ3v) is 5.33. The van der Waals surface area contributed by atoms with Gasteiger partial charge in [-0.15, -0.1) is 0 Å². The van der Waals surface area contributed by atoms with Crippen LogP contribution >= 0.6 is 11.9 Å². The predicted octanol–water partition coefficient (Wildman–Crippen LogP) is 6.81. The Morgan fingerprint density at radius 2 is 1.12 bits per heavy atom. The van der Waals surface area contributed by atoms with E-state index in [4.69, 9.17) is 0 Å². The lowest BCUT2D eigenvalue weighted by molar-refractivity contribution is 0.464. The van der Waals surface area contributed by atoms with E-state index in [1.165, 1.54) is 33.4 Å². The van der Waals surface area contributed by atoms with Crippen molar-refractivity contribution in [2.45, 2.75) is 39.8 Å². The molecule has 0 heterocycles. The van der Waals surface area contributed by atoms with Crippen LogP contribution in [0, 0.1) is 0 Å². The molecule has 2 heteroatoms. The number of nitrogens with zero attached hydrogens (tertiary/aromatic N) is 1. The Morgan fingerprint density at radius 3 is 1.40 bits per heavy atom. The van der Waals surface area contributed by atoms with Crippen LogP contribution in [0.2, 0.25) is 0 Å². The summed E-state index contributed by atoms with van der Waals surface area (Å²) in [6.07, 6.45) is 4.13. The van der Waals surface area contributed by atoms with Crippen LogP contribution in [0.5, 0.6) is 0 Å². The van der Waals surface area contributed by atoms with Crippen LogP contribution in [-0.2, 0) is 13.1 Å². The second kappa shape index (κ2) is 9.65. The number of hydrogen-bond acceptors (Lipinski definition) is 2. The minimum atomic E-state index is 0.934. The zero-order chi connectivity index (χ0) is 18.2. The molecule has 0 unspecified atom stereocenters. The third kappa shape index (κ3) is 5.62. The smallest absolute Gasteiger partial charge is 0.0344 e. The van der Waals surface area contributed by atoms with Crippen molar-refractivity contribution in [3.8, 4) is 0 Å². The van der Waals surface area contributed by atoms with Crippen molar-refractivity contribution in [2.75, 3.05) is 6.26 Å². The Morgan fingerprint density at radius 1 is 0.760 bits per heavy atom. The molecule has 25 heavy (non-hydrogen) atoms. The number of allylic oxidation sites excluding steroid dienone is 2. The second-order valence-corrected chi connectivity index (χ2v) is 7.17. The summed E-state index contributed by atoms with van der Waals surface area (Å²) in [6, 6.07) is 17.6. The lowest BCUT2D eigenvalue weighted by Gasteiger charge is -2.20. The van der Waals surface area contributed by atoms with Crippen molar-refractivity contribution in [1.29, 1.82) is 0 Å². The first-order valence-electron chi connectivity index (χ1n) is 8.90. The van der Waals surface area contributed by atoms with Crippen molar-refractivity contribution in [2.24, 2.45) is 0 Å². The largest absolute Gasteiger partial charge is 0.242 e. The molecule has 0 N–H and O–H groups in total. The Hall–Kier alpha value is -1.77. The Labute approximate surface area is 157 Å². The van der Waals surface area contributed by atoms with Gasteiger partial charge in [0, 0.05) is 13.1 Å². The molecule has 0 spiro atoms. The SMILES string of the molecule is C=C(CC)c1ccc(CN(Cc2ccc(C(=C)CC)cc2)SC)cc1. The fourth-order valence-electron chi connectivity index (χ4n) is 2.69. The van der Waals surface area contributed by atoms with Gasteiger partial charge in [0.2, 0.25) is 0 Å². The fourth-order valence-corrected chi connectivity index (χ4v) is 3.25. The molecule has 0 atom stereocenters. The molecular formula is C23H29NS. The summed E-state index contributed by atoms with van der Waals surface area (Å²) in [4.78, 5) is 0. The average molecular weight is 352 g/mol. The van der Waals surface area contributed by atoms with Crippen LogP contribution < -0.4 is 0 Å². The monoisotopic (exact) mass is 351 g/mol. The molecule has 132 valence electrons. The van der Waals surface area contributed by atoms with Crippen molar-refractivity contribution in [3.05, 3.63) is 83.9 Å². The molecule has 0 saturated carbocycles. The Bertz CT molecular complexity index is 636. The van der Waals surface area contributed by atoms with Crippen LogP contribution in [0.1, 0.15) is 48.9 Å². The standard InChI is InChI=1S/C23H29NS/c1-6-18(3)22-12-8-20(9-13-22)16-24(25-5)17-21-10-14-23(15-11-21)19(4)7-2/h8-15H,3-4,6-7,16-17H2,1-2,5H3. The maximum absolute atomic E-state index is 4.11. The quantitative estimate of drug-likeness (QED) is 0.456. The van der Waals surface area contributed by atoms with E-state index in [-0.39, 0.29) is 0 Å². The highest BCUT2D eigenvalue weighted by molar-refractivity contribution is 7.96. The molecule has 0 aromatic heterocycles. The summed E-state index contributed by atoms with van der Waals surface area (Å²) in [5.41, 5.74) is 7.54. The second-order valence-electron chi connectivity index (χ2n) is 6.29. The van der Waals surface area contributed by atoms with Gasteiger partial charge in [0.05, 0.1) is 0 Å². The van der Waals surface area contributed by atoms with Gasteiger partial charge in [-0.2, -0.15) is 0 Å². The van der Waals surface area contributed by atoms with Crippen LogP contribution in [-0.4, -0.2) is 10.6 Å². The van der Waals surface area contributed by atoms with E-state index in [1.54, 1.807) is 11.9 Å². The van der Waals surface area contributed by atoms with E-state index < -0.39 is 0 Å². The number of benzene rings is 2. The molecule has 0 radical (unpaired) electrons. The first-order chi connectivity index (χ1) is 12.1. The maximum Gasteiger partial charge on any atom is 0.0344 e. The van der Waals surface area contributed by atoms with Crippen LogP contribution in [0.3, 0.4) is 0 Å². The average Bonchev–Trinajstić information content (AvgIpc) is 2.67. The van der Waals surface area contributed by atoms with E-state index in [2.05, 4.69) is 86.1 Å². The highest BCUT2D eigenvalue weighted by Gasteiger charge is 2.07. The first kappa shape index (κ1) is 19.6. The highest BCUT2D eigenvalue weighted by atomic mass is 32.2. The van der Waals surface area contributed by atoms with Crippen LogP contribution in [0.25, 0.3) is 11.1 Å². The van der Waals surface area contributed by atoms with E-state index in [1.807, 2.05) is 0 Å². The van der Waals surface area contributed by atoms with Crippen LogP contribution in [0.4, 0.5) is 0 Å². The Balaban J connectivity index is 2.00. The van der Waals surface area contributed by atoms with Gasteiger partial charge >= 0.3 is 0 Å². The first-order valence-corrected chi connectivity index (χ1v) is 10.1. The predicted molar refractivity (Wildman–Crippen MR) is 114 cm³/mol. The van der Waals surface area contributed by atoms with Gasteiger partial charge in [-0.05, 0) is 52.5 Å². The van der Waals surface area contributed by atoms with E-state index in [0.29, 0.717) is 0 Å². The minimum absolute atomic E-state index is 0.934. The van der Waals surface area contributed by atoms with E-state index >= 15 is 0 Å². The maximum atomic E-state index is 4.11. The van der Waals surface area contributed by atoms with Crippen molar-refractivity contribution >= 4 is 23.1 Å². The van der Waals surface area contributed by atoms with Gasteiger partial charge in [0.1, 0.15) is 0 Å². The van der Waals surface area contributed by atoms with Gasteiger partial charge in [-0.25, -0.2) is 4.31 Å². The molecule has 2 aromatic carbocycles. The highest BCUT2D eigenvalue weighted by Crippen LogP contribution is 2.21. The number of hydrogen-bond donors (Lipinski definition) is 0. The van der Waals surface area contributed by atoms with Crippen LogP contribution in [0.15, 0.2) is 61.7 Å². The van der Waals surface area contributed by atoms with Crippen molar-refractivity contribution < 1.29 is 0 Å². The molecule has 0 bridgehead atoms. The minimum Gasteiger partial charge on any atom is -0.242 e. The van der Waals surface area contributed by atoms with Gasteiger partial charge in [-0.3, -0.25) is 0 Å². The van der Waals surface area contributed by atoms with E-state index in [9.17, 15) is 0 Å². The van der Waals surface area contributed by atoms with Gasteiger partial charge in [-0.1, -0.05) is 87.5 Å². The zero-order valence-corrected chi connectivity index (χ0v) is 16.5. The zero-order valence-electron chi connectivity index (χ0n) is 15.7. The number of rotatable bonds is 9. The molecule has 0 aliphatic heterocycles. The van der Waals surface area contributed by atoms with Gasteiger partial charge < -0.3 is 0 Å². The summed E-state index contributed by atoms with van der Waals surface area (Å²) in [5, 5.41) is 0. The summed E-state index contributed by atoms with van der Waals surface area (Å²) in [6.45, 7) is 14.4. The summed E-state index contributed by atoms with van der Waals surface area (Å²) >= 11 is 1.79. The molecule has 0 fully saturated rings. The third-order valence-electron chi connectivity index (χ3n) is 4.55. The fraction of sp³-hybridized carbons (Fsp3) is 0.304. The molecule has 2 rings (SSSR count). The van der Waals surface area contributed by atoms with Gasteiger partial charge in [0.15, 0.2) is 0 Å². The Kier molecular flexibility index (Phi) is 7.54. The normalized spacial score (nSPS) is 10.9. The van der Waals surface area contributed by atoms with Crippen molar-refractivity contribution in [3.63, 3.8) is 0 Å². The molecule has 0 amide bonds. The van der Waals surface area contributed by atoms with E-state index in [0.717, 1.165) is 25.9 Å². The van der Waals surface area contributed by atoms with Gasteiger partial charge in [0.25, 0.3) is 0 Å². The topological polar surface area (TPSA) is 3.24 Å². The molecule has 2 aromatic rings. The summed E-state index contributed by atoms with van der Waals surface area (Å²) in [7, 11) is 0. The lowest BCUT2D eigenvalue weighted by atomic mass is 10.0. The molecule has 0 aliphatic carbocycles. The molecular weight excluding hydrogens is 322 g/mol. The molecule has 0 aliphatic rings. The molecule has 0 saturated heterocycles. The lowest BCUT2D eigenvalue weighted by Crippen LogP contribution is -2.14. The molecule has 1 nitrogen and oxygen atoms in total.